The van der Waals surface area contributed by atoms with E-state index < -0.39 is 5.91 Å². The Bertz CT molecular complexity index is 615. The zero-order valence-electron chi connectivity index (χ0n) is 11.7. The van der Waals surface area contributed by atoms with Gasteiger partial charge in [-0.25, -0.2) is 4.98 Å². The molecule has 0 fully saturated rings. The third-order valence-electron chi connectivity index (χ3n) is 2.81. The number of carbonyl (C=O) groups is 1. The first-order valence-corrected chi connectivity index (χ1v) is 6.33. The van der Waals surface area contributed by atoms with E-state index in [9.17, 15) is 4.79 Å². The minimum atomic E-state index is -0.461. The SMILES string of the molecule is COc1ccnc(N(CC(N)=O)Cc2ccc(N)cc2)n1. The molecule has 0 saturated heterocycles. The first-order valence-electron chi connectivity index (χ1n) is 6.33. The van der Waals surface area contributed by atoms with Crippen molar-refractivity contribution in [2.24, 2.45) is 5.73 Å². The Kier molecular flexibility index (Phi) is 4.55. The second kappa shape index (κ2) is 6.56. The fourth-order valence-electron chi connectivity index (χ4n) is 1.83. The number of amides is 1. The number of ether oxygens (including phenoxy) is 1. The zero-order chi connectivity index (χ0) is 15.2. The van der Waals surface area contributed by atoms with Gasteiger partial charge in [-0.1, -0.05) is 12.1 Å². The number of nitrogen functional groups attached to an aromatic ring is 1. The Morgan fingerprint density at radius 2 is 2.00 bits per heavy atom. The van der Waals surface area contributed by atoms with Crippen molar-refractivity contribution in [1.82, 2.24) is 9.97 Å². The number of hydrogen-bond acceptors (Lipinski definition) is 6. The Hall–Kier alpha value is -2.83. The molecule has 0 aliphatic rings. The van der Waals surface area contributed by atoms with E-state index in [0.717, 1.165) is 5.56 Å². The fourth-order valence-corrected chi connectivity index (χ4v) is 1.83. The van der Waals surface area contributed by atoms with Gasteiger partial charge in [0.2, 0.25) is 17.7 Å². The van der Waals surface area contributed by atoms with Crippen LogP contribution < -0.4 is 21.1 Å². The molecule has 0 aliphatic carbocycles. The van der Waals surface area contributed by atoms with Crippen LogP contribution in [0.15, 0.2) is 36.5 Å². The average Bonchev–Trinajstić information content (AvgIpc) is 2.48. The predicted molar refractivity (Wildman–Crippen MR) is 79.7 cm³/mol. The molecule has 0 bridgehead atoms. The van der Waals surface area contributed by atoms with Crippen LogP contribution in [-0.2, 0) is 11.3 Å². The highest BCUT2D eigenvalue weighted by Crippen LogP contribution is 2.16. The summed E-state index contributed by atoms with van der Waals surface area (Å²) >= 11 is 0. The van der Waals surface area contributed by atoms with E-state index in [4.69, 9.17) is 16.2 Å². The Labute approximate surface area is 122 Å². The summed E-state index contributed by atoms with van der Waals surface area (Å²) in [5, 5.41) is 0. The average molecular weight is 287 g/mol. The molecule has 0 saturated carbocycles. The quantitative estimate of drug-likeness (QED) is 0.752. The van der Waals surface area contributed by atoms with Crippen molar-refractivity contribution in [3.63, 3.8) is 0 Å². The van der Waals surface area contributed by atoms with Gasteiger partial charge in [0, 0.05) is 24.5 Å². The van der Waals surface area contributed by atoms with Crippen LogP contribution in [0.3, 0.4) is 0 Å². The third kappa shape index (κ3) is 4.07. The summed E-state index contributed by atoms with van der Waals surface area (Å²) in [6.45, 7) is 0.452. The monoisotopic (exact) mass is 287 g/mol. The summed E-state index contributed by atoms with van der Waals surface area (Å²) in [5.41, 5.74) is 12.6. The van der Waals surface area contributed by atoms with Crippen molar-refractivity contribution in [2.45, 2.75) is 6.54 Å². The number of rotatable bonds is 6. The topological polar surface area (TPSA) is 107 Å². The molecular weight excluding hydrogens is 270 g/mol. The second-order valence-corrected chi connectivity index (χ2v) is 4.46. The van der Waals surface area contributed by atoms with Crippen LogP contribution >= 0.6 is 0 Å². The zero-order valence-corrected chi connectivity index (χ0v) is 11.7. The van der Waals surface area contributed by atoms with Gasteiger partial charge in [-0.3, -0.25) is 4.79 Å². The summed E-state index contributed by atoms with van der Waals surface area (Å²) in [5.74, 6) is 0.341. The molecule has 7 nitrogen and oxygen atoms in total. The van der Waals surface area contributed by atoms with Gasteiger partial charge in [0.25, 0.3) is 0 Å². The normalized spacial score (nSPS) is 10.1. The molecule has 0 radical (unpaired) electrons. The molecule has 1 amide bonds. The van der Waals surface area contributed by atoms with E-state index in [2.05, 4.69) is 9.97 Å². The van der Waals surface area contributed by atoms with E-state index in [1.54, 1.807) is 29.3 Å². The summed E-state index contributed by atoms with van der Waals surface area (Å²) in [6.07, 6.45) is 1.57. The molecule has 2 aromatic rings. The molecule has 7 heteroatoms. The molecule has 21 heavy (non-hydrogen) atoms. The molecule has 1 aromatic carbocycles. The van der Waals surface area contributed by atoms with E-state index in [1.165, 1.54) is 7.11 Å². The summed E-state index contributed by atoms with van der Waals surface area (Å²) < 4.78 is 5.07. The van der Waals surface area contributed by atoms with E-state index in [-0.39, 0.29) is 6.54 Å². The van der Waals surface area contributed by atoms with Crippen LogP contribution in [0, 0.1) is 0 Å². The minimum Gasteiger partial charge on any atom is -0.481 e. The van der Waals surface area contributed by atoms with Gasteiger partial charge in [0.15, 0.2) is 0 Å². The maximum absolute atomic E-state index is 11.3. The van der Waals surface area contributed by atoms with Crippen molar-refractivity contribution in [3.05, 3.63) is 42.1 Å². The molecule has 0 atom stereocenters. The Morgan fingerprint density at radius 1 is 1.29 bits per heavy atom. The van der Waals surface area contributed by atoms with Gasteiger partial charge in [0.05, 0.1) is 13.7 Å². The minimum absolute atomic E-state index is 0.0115. The number of benzene rings is 1. The number of nitrogens with zero attached hydrogens (tertiary/aromatic N) is 3. The van der Waals surface area contributed by atoms with Crippen molar-refractivity contribution in [1.29, 1.82) is 0 Å². The maximum atomic E-state index is 11.3. The number of hydrogen-bond donors (Lipinski definition) is 2. The van der Waals surface area contributed by atoms with Crippen LogP contribution in [0.4, 0.5) is 11.6 Å². The van der Waals surface area contributed by atoms with Crippen LogP contribution in [0.5, 0.6) is 5.88 Å². The Balaban J connectivity index is 2.24. The number of carbonyl (C=O) groups excluding carboxylic acids is 1. The summed E-state index contributed by atoms with van der Waals surface area (Å²) in [6, 6.07) is 8.98. The van der Waals surface area contributed by atoms with Gasteiger partial charge in [-0.15, -0.1) is 0 Å². The molecule has 1 aromatic heterocycles. The molecule has 1 heterocycles. The largest absolute Gasteiger partial charge is 0.481 e. The molecule has 0 spiro atoms. The van der Waals surface area contributed by atoms with E-state index >= 15 is 0 Å². The van der Waals surface area contributed by atoms with Crippen molar-refractivity contribution in [2.75, 3.05) is 24.3 Å². The number of nitrogens with two attached hydrogens (primary N) is 2. The molecule has 4 N–H and O–H groups in total. The van der Waals surface area contributed by atoms with Crippen molar-refractivity contribution >= 4 is 17.5 Å². The lowest BCUT2D eigenvalue weighted by molar-refractivity contribution is -0.116. The van der Waals surface area contributed by atoms with Crippen molar-refractivity contribution < 1.29 is 9.53 Å². The summed E-state index contributed by atoms with van der Waals surface area (Å²) in [7, 11) is 1.52. The number of anilines is 2. The fraction of sp³-hybridized carbons (Fsp3) is 0.214. The lowest BCUT2D eigenvalue weighted by Crippen LogP contribution is -2.34. The van der Waals surface area contributed by atoms with E-state index in [1.807, 2.05) is 12.1 Å². The second-order valence-electron chi connectivity index (χ2n) is 4.46. The Morgan fingerprint density at radius 3 is 2.62 bits per heavy atom. The smallest absolute Gasteiger partial charge is 0.237 e. The lowest BCUT2D eigenvalue weighted by Gasteiger charge is -2.21. The van der Waals surface area contributed by atoms with Crippen LogP contribution in [0.2, 0.25) is 0 Å². The summed E-state index contributed by atoms with van der Waals surface area (Å²) in [4.78, 5) is 21.3. The predicted octanol–water partition coefficient (Wildman–Crippen LogP) is 0.559. The van der Waals surface area contributed by atoms with Gasteiger partial charge in [0.1, 0.15) is 0 Å². The van der Waals surface area contributed by atoms with Crippen LogP contribution in [0.25, 0.3) is 0 Å². The van der Waals surface area contributed by atoms with Gasteiger partial charge in [-0.2, -0.15) is 4.98 Å². The number of primary amides is 1. The highest BCUT2D eigenvalue weighted by atomic mass is 16.5. The molecule has 110 valence electrons. The third-order valence-corrected chi connectivity index (χ3v) is 2.81. The molecular formula is C14H17N5O2. The first kappa shape index (κ1) is 14.6. The standard InChI is InChI=1S/C14H17N5O2/c1-21-13-6-7-17-14(18-13)19(9-12(16)20)8-10-2-4-11(15)5-3-10/h2-7H,8-9,15H2,1H3,(H2,16,20). The van der Waals surface area contributed by atoms with Crippen LogP contribution in [0.1, 0.15) is 5.56 Å². The lowest BCUT2D eigenvalue weighted by atomic mass is 10.2. The molecule has 0 unspecified atom stereocenters. The number of methoxy groups -OCH3 is 1. The highest BCUT2D eigenvalue weighted by Gasteiger charge is 2.14. The molecule has 0 aliphatic heterocycles. The highest BCUT2D eigenvalue weighted by molar-refractivity contribution is 5.78. The van der Waals surface area contributed by atoms with Gasteiger partial charge < -0.3 is 21.1 Å². The van der Waals surface area contributed by atoms with E-state index in [0.29, 0.717) is 24.1 Å². The van der Waals surface area contributed by atoms with Gasteiger partial charge in [-0.05, 0) is 17.7 Å². The molecule has 2 rings (SSSR count). The van der Waals surface area contributed by atoms with Crippen LogP contribution in [-0.4, -0.2) is 29.5 Å². The van der Waals surface area contributed by atoms with Crippen molar-refractivity contribution in [3.8, 4) is 5.88 Å². The van der Waals surface area contributed by atoms with Gasteiger partial charge >= 0.3 is 0 Å². The number of aromatic nitrogens is 2. The first-order chi connectivity index (χ1) is 10.1. The maximum Gasteiger partial charge on any atom is 0.237 e.